The molecule has 1 aliphatic rings. The number of aromatic carboxylic acids is 1. The van der Waals surface area contributed by atoms with E-state index in [1.54, 1.807) is 24.4 Å². The highest BCUT2D eigenvalue weighted by Gasteiger charge is 2.42. The SMILES string of the molecule is CCC(=O)Nc1ccc(N2C(=S)NC(c3ccccn3)C2c2cccn2-c2cccc(C(=O)O)c2)cc1C. The molecule has 0 spiro atoms. The van der Waals surface area contributed by atoms with Crippen molar-refractivity contribution < 1.29 is 14.7 Å². The molecule has 2 aromatic heterocycles. The van der Waals surface area contributed by atoms with Crippen LogP contribution in [0.2, 0.25) is 0 Å². The maximum absolute atomic E-state index is 12.0. The van der Waals surface area contributed by atoms with Gasteiger partial charge in [0.25, 0.3) is 0 Å². The highest BCUT2D eigenvalue weighted by Crippen LogP contribution is 2.43. The van der Waals surface area contributed by atoms with Crippen LogP contribution in [0.25, 0.3) is 5.69 Å². The van der Waals surface area contributed by atoms with E-state index in [2.05, 4.69) is 20.5 Å². The fourth-order valence-corrected chi connectivity index (χ4v) is 5.11. The van der Waals surface area contributed by atoms with E-state index in [1.165, 1.54) is 0 Å². The molecule has 1 amide bonds. The van der Waals surface area contributed by atoms with Gasteiger partial charge in [-0.1, -0.05) is 19.1 Å². The number of hydrogen-bond donors (Lipinski definition) is 3. The Labute approximate surface area is 225 Å². The summed E-state index contributed by atoms with van der Waals surface area (Å²) in [5.74, 6) is -1.03. The van der Waals surface area contributed by atoms with E-state index >= 15 is 0 Å². The maximum Gasteiger partial charge on any atom is 0.335 e. The summed E-state index contributed by atoms with van der Waals surface area (Å²) in [6.07, 6.45) is 4.07. The highest BCUT2D eigenvalue weighted by molar-refractivity contribution is 7.80. The number of carboxylic acids is 1. The summed E-state index contributed by atoms with van der Waals surface area (Å²) in [6, 6.07) is 21.9. The predicted molar refractivity (Wildman–Crippen MR) is 151 cm³/mol. The van der Waals surface area contributed by atoms with Crippen LogP contribution in [0.1, 0.15) is 52.7 Å². The van der Waals surface area contributed by atoms with Crippen molar-refractivity contribution in [2.24, 2.45) is 0 Å². The van der Waals surface area contributed by atoms with Gasteiger partial charge in [0.05, 0.1) is 17.3 Å². The molecule has 0 bridgehead atoms. The summed E-state index contributed by atoms with van der Waals surface area (Å²) in [6.45, 7) is 3.77. The summed E-state index contributed by atoms with van der Waals surface area (Å²) in [5, 5.41) is 16.5. The van der Waals surface area contributed by atoms with E-state index in [0.717, 1.165) is 34.0 Å². The summed E-state index contributed by atoms with van der Waals surface area (Å²) in [5.41, 5.74) is 5.22. The Morgan fingerprint density at radius 3 is 2.61 bits per heavy atom. The zero-order chi connectivity index (χ0) is 26.8. The number of carbonyl (C=O) groups excluding carboxylic acids is 1. The fourth-order valence-electron chi connectivity index (χ4n) is 4.77. The molecule has 0 saturated carbocycles. The van der Waals surface area contributed by atoms with Gasteiger partial charge in [0, 0.05) is 41.6 Å². The van der Waals surface area contributed by atoms with Crippen molar-refractivity contribution in [1.29, 1.82) is 0 Å². The smallest absolute Gasteiger partial charge is 0.335 e. The van der Waals surface area contributed by atoms with Gasteiger partial charge < -0.3 is 25.2 Å². The van der Waals surface area contributed by atoms with E-state index in [-0.39, 0.29) is 23.6 Å². The molecule has 3 heterocycles. The van der Waals surface area contributed by atoms with Gasteiger partial charge in [0.15, 0.2) is 5.11 Å². The zero-order valence-electron chi connectivity index (χ0n) is 21.0. The second-order valence-corrected chi connectivity index (χ2v) is 9.44. The molecule has 0 aliphatic carbocycles. The second kappa shape index (κ2) is 10.5. The first-order valence-electron chi connectivity index (χ1n) is 12.3. The van der Waals surface area contributed by atoms with E-state index in [1.807, 2.05) is 79.2 Å². The first-order valence-corrected chi connectivity index (χ1v) is 12.7. The summed E-state index contributed by atoms with van der Waals surface area (Å²) < 4.78 is 1.98. The van der Waals surface area contributed by atoms with Gasteiger partial charge in [-0.15, -0.1) is 0 Å². The van der Waals surface area contributed by atoms with Gasteiger partial charge in [-0.25, -0.2) is 4.79 Å². The summed E-state index contributed by atoms with van der Waals surface area (Å²) in [4.78, 5) is 30.3. The lowest BCUT2D eigenvalue weighted by atomic mass is 10.00. The van der Waals surface area contributed by atoms with Gasteiger partial charge >= 0.3 is 5.97 Å². The topological polar surface area (TPSA) is 99.5 Å². The summed E-state index contributed by atoms with van der Waals surface area (Å²) in [7, 11) is 0. The van der Waals surface area contributed by atoms with Crippen LogP contribution in [-0.2, 0) is 4.79 Å². The van der Waals surface area contributed by atoms with Crippen LogP contribution in [0.5, 0.6) is 0 Å². The Balaban J connectivity index is 1.62. The van der Waals surface area contributed by atoms with Crippen LogP contribution in [0.4, 0.5) is 11.4 Å². The molecule has 1 aliphatic heterocycles. The Kier molecular flexibility index (Phi) is 6.93. The van der Waals surface area contributed by atoms with Gasteiger partial charge in [0.1, 0.15) is 6.04 Å². The van der Waals surface area contributed by atoms with Crippen molar-refractivity contribution in [3.8, 4) is 5.69 Å². The van der Waals surface area contributed by atoms with Crippen molar-refractivity contribution in [3.05, 3.63) is 108 Å². The standard InChI is InChI=1S/C29H27N5O3S/c1-3-25(35)31-22-13-12-21(16-18(22)2)34-27(26(32-29(34)38)23-10-4-5-14-30-23)24-11-7-15-33(24)20-9-6-8-19(17-20)28(36)37/h4-17,26-27H,3H2,1-2H3,(H,31,35)(H,32,38)(H,36,37). The molecule has 1 fully saturated rings. The summed E-state index contributed by atoms with van der Waals surface area (Å²) >= 11 is 5.86. The number of nitrogens with zero attached hydrogens (tertiary/aromatic N) is 3. The zero-order valence-corrected chi connectivity index (χ0v) is 21.8. The van der Waals surface area contributed by atoms with Crippen molar-refractivity contribution in [1.82, 2.24) is 14.9 Å². The molecule has 4 aromatic rings. The van der Waals surface area contributed by atoms with Crippen molar-refractivity contribution >= 4 is 40.6 Å². The lowest BCUT2D eigenvalue weighted by molar-refractivity contribution is -0.115. The third-order valence-corrected chi connectivity index (χ3v) is 6.95. The van der Waals surface area contributed by atoms with Crippen LogP contribution in [0.3, 0.4) is 0 Å². The lowest BCUT2D eigenvalue weighted by Crippen LogP contribution is -2.30. The molecular formula is C29H27N5O3S. The molecule has 2 atom stereocenters. The predicted octanol–water partition coefficient (Wildman–Crippen LogP) is 5.40. The maximum atomic E-state index is 12.0. The number of pyridine rings is 1. The van der Waals surface area contributed by atoms with Crippen molar-refractivity contribution in [3.63, 3.8) is 0 Å². The van der Waals surface area contributed by atoms with E-state index in [0.29, 0.717) is 11.5 Å². The van der Waals surface area contributed by atoms with Crippen molar-refractivity contribution in [2.45, 2.75) is 32.4 Å². The van der Waals surface area contributed by atoms with E-state index in [4.69, 9.17) is 12.2 Å². The minimum atomic E-state index is -0.983. The number of benzene rings is 2. The Morgan fingerprint density at radius 2 is 1.89 bits per heavy atom. The highest BCUT2D eigenvalue weighted by atomic mass is 32.1. The number of carboxylic acid groups (broad SMARTS) is 1. The largest absolute Gasteiger partial charge is 0.478 e. The van der Waals surface area contributed by atoms with E-state index in [9.17, 15) is 14.7 Å². The quantitative estimate of drug-likeness (QED) is 0.278. The van der Waals surface area contributed by atoms with Crippen LogP contribution in [-0.4, -0.2) is 31.6 Å². The van der Waals surface area contributed by atoms with Gasteiger partial charge in [-0.2, -0.15) is 0 Å². The Bertz CT molecular complexity index is 1520. The number of nitrogens with one attached hydrogen (secondary N) is 2. The average Bonchev–Trinajstić information content (AvgIpc) is 3.54. The monoisotopic (exact) mass is 525 g/mol. The molecule has 9 heteroatoms. The third-order valence-electron chi connectivity index (χ3n) is 6.64. The second-order valence-electron chi connectivity index (χ2n) is 9.06. The van der Waals surface area contributed by atoms with Crippen LogP contribution in [0, 0.1) is 6.92 Å². The molecular weight excluding hydrogens is 498 g/mol. The number of thiocarbonyl (C=S) groups is 1. The Hall–Kier alpha value is -4.50. The molecule has 0 radical (unpaired) electrons. The van der Waals surface area contributed by atoms with E-state index < -0.39 is 5.97 Å². The number of aryl methyl sites for hydroxylation is 1. The molecule has 1 saturated heterocycles. The fraction of sp³-hybridized carbons (Fsp3) is 0.172. The van der Waals surface area contributed by atoms with Crippen LogP contribution >= 0.6 is 12.2 Å². The molecule has 2 aromatic carbocycles. The number of hydrogen-bond acceptors (Lipinski definition) is 4. The Morgan fingerprint density at radius 1 is 1.05 bits per heavy atom. The number of aromatic nitrogens is 2. The molecule has 192 valence electrons. The van der Waals surface area contributed by atoms with Gasteiger partial charge in [-0.3, -0.25) is 9.78 Å². The number of amides is 1. The minimum absolute atomic E-state index is 0.0475. The lowest BCUT2D eigenvalue weighted by Gasteiger charge is -2.29. The molecule has 5 rings (SSSR count). The first-order chi connectivity index (χ1) is 18.4. The number of carbonyl (C=O) groups is 2. The van der Waals surface area contributed by atoms with Crippen molar-refractivity contribution in [2.75, 3.05) is 10.2 Å². The first kappa shape index (κ1) is 25.2. The minimum Gasteiger partial charge on any atom is -0.478 e. The molecule has 38 heavy (non-hydrogen) atoms. The van der Waals surface area contributed by atoms with Gasteiger partial charge in [-0.05, 0) is 85.4 Å². The average molecular weight is 526 g/mol. The number of anilines is 2. The number of rotatable bonds is 7. The van der Waals surface area contributed by atoms with Crippen LogP contribution in [0.15, 0.2) is 85.2 Å². The van der Waals surface area contributed by atoms with Gasteiger partial charge in [0.2, 0.25) is 5.91 Å². The molecule has 2 unspecified atom stereocenters. The van der Waals surface area contributed by atoms with Crippen LogP contribution < -0.4 is 15.5 Å². The third kappa shape index (κ3) is 4.76. The molecule has 3 N–H and O–H groups in total. The normalized spacial score (nSPS) is 16.8. The molecule has 8 nitrogen and oxygen atoms in total.